The number of carbonyl (C=O) groups is 4. The van der Waals surface area contributed by atoms with Crippen LogP contribution in [0.2, 0.25) is 5.82 Å². The Labute approximate surface area is 234 Å². The van der Waals surface area contributed by atoms with Crippen molar-refractivity contribution in [2.75, 3.05) is 7.05 Å². The fourth-order valence-corrected chi connectivity index (χ4v) is 6.25. The number of aliphatic hydroxyl groups excluding tert-OH is 1. The molecule has 0 bridgehead atoms. The van der Waals surface area contributed by atoms with Gasteiger partial charge in [0.15, 0.2) is 5.78 Å². The highest BCUT2D eigenvalue weighted by Crippen LogP contribution is 2.50. The average Bonchev–Trinajstić information content (AvgIpc) is 3.24. The Bertz CT molecular complexity index is 1280. The summed E-state index contributed by atoms with van der Waals surface area (Å²) in [5, 5.41) is 13.2. The average molecular weight is 551 g/mol. The number of likely N-dealkylation sites (N-methyl/N-ethyl adjacent to an activating group) is 1. The standard InChI is InChI=1S/C29H38BN3O7/c1-17(2)15-22(30-33(6,18(3)28(37)39-30)19(4)29(38)40-30)16-25(35)26(20(5)34)32-27(36)24-14-10-13-23(31-24)21-11-8-7-9-12-21/h7-14,17-20,22,26,34H,15-16H2,1-6H3,(H,32,36)/t18-,19-,20-,22-,26+,30?,33?/m1/s1. The molecule has 3 heterocycles. The molecule has 2 aliphatic heterocycles. The maximum atomic E-state index is 13.7. The first-order valence-corrected chi connectivity index (χ1v) is 13.8. The molecule has 10 nitrogen and oxygen atoms in total. The van der Waals surface area contributed by atoms with E-state index in [4.69, 9.17) is 9.31 Å². The molecule has 1 aromatic carbocycles. The van der Waals surface area contributed by atoms with Crippen LogP contribution in [0.25, 0.3) is 11.3 Å². The Morgan fingerprint density at radius 2 is 1.60 bits per heavy atom. The third kappa shape index (κ3) is 5.04. The number of hydrogen-bond donors (Lipinski definition) is 2. The predicted octanol–water partition coefficient (Wildman–Crippen LogP) is 2.88. The summed E-state index contributed by atoms with van der Waals surface area (Å²) in [6.45, 7) is 6.20. The number of nitrogens with one attached hydrogen (secondary N) is 1. The van der Waals surface area contributed by atoms with Crippen LogP contribution in [-0.4, -0.2) is 76.1 Å². The molecule has 0 aliphatic carbocycles. The van der Waals surface area contributed by atoms with E-state index in [1.54, 1.807) is 33.0 Å². The van der Waals surface area contributed by atoms with Crippen LogP contribution >= 0.6 is 0 Å². The van der Waals surface area contributed by atoms with Crippen molar-refractivity contribution in [1.82, 2.24) is 10.3 Å². The third-order valence-corrected chi connectivity index (χ3v) is 8.70. The van der Waals surface area contributed by atoms with Gasteiger partial charge in [-0.25, -0.2) is 14.6 Å². The number of ketones is 1. The van der Waals surface area contributed by atoms with Crippen molar-refractivity contribution in [3.8, 4) is 11.3 Å². The van der Waals surface area contributed by atoms with Gasteiger partial charge >= 0.3 is 18.6 Å². The molecule has 214 valence electrons. The highest BCUT2D eigenvalue weighted by Gasteiger charge is 2.74. The largest absolute Gasteiger partial charge is 0.600 e. The molecule has 0 unspecified atom stereocenters. The van der Waals surface area contributed by atoms with Crippen LogP contribution in [0.4, 0.5) is 0 Å². The van der Waals surface area contributed by atoms with Crippen molar-refractivity contribution >= 4 is 30.3 Å². The SMILES string of the molecule is CC(C)C[C@H](CC(=O)[C@@H](NC(=O)c1cccc(-c2ccccc2)n1)[C@@H](C)O)[B-]12OC(=O)[C@@H](C)[N+]1(C)[C@H](C)C(=O)O2. The molecule has 4 rings (SSSR count). The summed E-state index contributed by atoms with van der Waals surface area (Å²) in [6, 6.07) is 11.8. The molecule has 0 radical (unpaired) electrons. The quantitative estimate of drug-likeness (QED) is 0.431. The minimum Gasteiger partial charge on any atom is -0.600 e. The third-order valence-electron chi connectivity index (χ3n) is 8.70. The normalized spacial score (nSPS) is 27.9. The highest BCUT2D eigenvalue weighted by atomic mass is 16.7. The van der Waals surface area contributed by atoms with Gasteiger partial charge in [-0.1, -0.05) is 56.7 Å². The van der Waals surface area contributed by atoms with Crippen LogP contribution in [0.1, 0.15) is 57.9 Å². The van der Waals surface area contributed by atoms with Crippen molar-refractivity contribution in [2.45, 2.75) is 77.5 Å². The number of aliphatic hydroxyl groups is 1. The van der Waals surface area contributed by atoms with Gasteiger partial charge in [-0.05, 0) is 51.1 Å². The monoisotopic (exact) mass is 551 g/mol. The van der Waals surface area contributed by atoms with Gasteiger partial charge in [0.25, 0.3) is 5.91 Å². The molecule has 2 fully saturated rings. The second kappa shape index (κ2) is 11.1. The molecule has 5 atom stereocenters. The van der Waals surface area contributed by atoms with Crippen LogP contribution < -0.4 is 5.32 Å². The molecule has 11 heteroatoms. The Balaban J connectivity index is 1.60. The fourth-order valence-electron chi connectivity index (χ4n) is 6.25. The molecule has 1 amide bonds. The van der Waals surface area contributed by atoms with Gasteiger partial charge in [0.05, 0.1) is 11.8 Å². The maximum absolute atomic E-state index is 13.7. The number of aromatic nitrogens is 1. The van der Waals surface area contributed by atoms with Gasteiger partial charge in [-0.3, -0.25) is 9.59 Å². The minimum atomic E-state index is -2.56. The minimum absolute atomic E-state index is 0.0652. The van der Waals surface area contributed by atoms with Crippen LogP contribution in [-0.2, 0) is 23.7 Å². The summed E-state index contributed by atoms with van der Waals surface area (Å²) in [5.74, 6) is -2.58. The Morgan fingerprint density at radius 3 is 2.15 bits per heavy atom. The number of amides is 1. The number of Topliss-reactive ketones (excluding diaryl/α,β-unsaturated/α-hetero) is 1. The molecule has 1 aromatic heterocycles. The van der Waals surface area contributed by atoms with Crippen LogP contribution in [0, 0.1) is 5.92 Å². The molecule has 0 saturated carbocycles. The number of nitrogens with zero attached hydrogens (tertiary/aromatic N) is 2. The number of quaternary nitrogens is 1. The van der Waals surface area contributed by atoms with E-state index in [0.29, 0.717) is 12.1 Å². The molecule has 0 spiro atoms. The smallest absolute Gasteiger partial charge is 0.587 e. The maximum Gasteiger partial charge on any atom is 0.587 e. The van der Waals surface area contributed by atoms with E-state index in [2.05, 4.69) is 10.3 Å². The lowest BCUT2D eigenvalue weighted by molar-refractivity contribution is -0.840. The van der Waals surface area contributed by atoms with Crippen molar-refractivity contribution < 1.29 is 38.0 Å². The van der Waals surface area contributed by atoms with Gasteiger partial charge in [-0.2, -0.15) is 0 Å². The lowest BCUT2D eigenvalue weighted by Crippen LogP contribution is -2.68. The molecule has 2 aliphatic rings. The molecule has 40 heavy (non-hydrogen) atoms. The lowest BCUT2D eigenvalue weighted by Gasteiger charge is -2.49. The van der Waals surface area contributed by atoms with Gasteiger partial charge < -0.3 is 24.1 Å². The zero-order valence-electron chi connectivity index (χ0n) is 23.9. The van der Waals surface area contributed by atoms with E-state index in [1.807, 2.05) is 44.2 Å². The van der Waals surface area contributed by atoms with Crippen LogP contribution in [0.5, 0.6) is 0 Å². The van der Waals surface area contributed by atoms with Crippen molar-refractivity contribution in [3.05, 3.63) is 54.2 Å². The number of pyridine rings is 1. The van der Waals surface area contributed by atoms with Crippen molar-refractivity contribution in [3.63, 3.8) is 0 Å². The zero-order valence-corrected chi connectivity index (χ0v) is 23.9. The summed E-state index contributed by atoms with van der Waals surface area (Å²) < 4.78 is 11.7. The fraction of sp³-hybridized carbons (Fsp3) is 0.483. The summed E-state index contributed by atoms with van der Waals surface area (Å²) in [4.78, 5) is 57.0. The predicted molar refractivity (Wildman–Crippen MR) is 148 cm³/mol. The zero-order chi connectivity index (χ0) is 29.4. The first kappa shape index (κ1) is 29.4. The second-order valence-electron chi connectivity index (χ2n) is 11.7. The van der Waals surface area contributed by atoms with Crippen LogP contribution in [0.3, 0.4) is 0 Å². The molecular formula is C29H38BN3O7. The van der Waals surface area contributed by atoms with Gasteiger partial charge in [0.2, 0.25) is 0 Å². The van der Waals surface area contributed by atoms with Crippen molar-refractivity contribution in [1.29, 1.82) is 0 Å². The summed E-state index contributed by atoms with van der Waals surface area (Å²) in [6.07, 6.45) is -0.950. The Hall–Kier alpha value is -3.57. The number of hydrogen-bond acceptors (Lipinski definition) is 8. The summed E-state index contributed by atoms with van der Waals surface area (Å²) >= 11 is 0. The first-order valence-electron chi connectivity index (χ1n) is 13.8. The number of benzene rings is 1. The first-order chi connectivity index (χ1) is 18.8. The highest BCUT2D eigenvalue weighted by molar-refractivity contribution is 6.68. The van der Waals surface area contributed by atoms with E-state index in [1.165, 1.54) is 13.0 Å². The molecule has 2 aromatic rings. The van der Waals surface area contributed by atoms with E-state index >= 15 is 0 Å². The number of rotatable bonds is 10. The van der Waals surface area contributed by atoms with E-state index in [0.717, 1.165) is 5.56 Å². The van der Waals surface area contributed by atoms with Gasteiger partial charge in [0, 0.05) is 12.6 Å². The lowest BCUT2D eigenvalue weighted by atomic mass is 9.51. The second-order valence-corrected chi connectivity index (χ2v) is 11.7. The molecular weight excluding hydrogens is 513 g/mol. The topological polar surface area (TPSA) is 132 Å². The van der Waals surface area contributed by atoms with Crippen molar-refractivity contribution in [2.24, 2.45) is 5.92 Å². The van der Waals surface area contributed by atoms with Crippen LogP contribution in [0.15, 0.2) is 48.5 Å². The number of fused-ring (bicyclic) bond motifs is 1. The van der Waals surface area contributed by atoms with E-state index in [-0.39, 0.29) is 22.4 Å². The Morgan fingerprint density at radius 1 is 1.00 bits per heavy atom. The summed E-state index contributed by atoms with van der Waals surface area (Å²) in [5.41, 5.74) is 1.53. The Kier molecular flexibility index (Phi) is 8.19. The number of carbonyl (C=O) groups excluding carboxylic acids is 4. The van der Waals surface area contributed by atoms with E-state index in [9.17, 15) is 24.3 Å². The van der Waals surface area contributed by atoms with Gasteiger partial charge in [0.1, 0.15) is 23.8 Å². The molecule has 2 saturated heterocycles. The summed E-state index contributed by atoms with van der Waals surface area (Å²) in [7, 11) is 1.77. The molecule has 2 N–H and O–H groups in total. The van der Waals surface area contributed by atoms with E-state index < -0.39 is 60.4 Å². The van der Waals surface area contributed by atoms with Gasteiger partial charge in [-0.15, -0.1) is 0 Å².